The van der Waals surface area contributed by atoms with Crippen molar-refractivity contribution in [3.63, 3.8) is 0 Å². The number of ketones is 1. The van der Waals surface area contributed by atoms with Crippen molar-refractivity contribution in [1.29, 1.82) is 0 Å². The van der Waals surface area contributed by atoms with E-state index in [1.165, 1.54) is 19.3 Å². The van der Waals surface area contributed by atoms with Gasteiger partial charge in [-0.2, -0.15) is 0 Å². The average molecular weight is 262 g/mol. The van der Waals surface area contributed by atoms with Crippen LogP contribution in [-0.4, -0.2) is 36.9 Å². The van der Waals surface area contributed by atoms with Crippen LogP contribution in [0.5, 0.6) is 5.75 Å². The lowest BCUT2D eigenvalue weighted by Gasteiger charge is -2.25. The Labute approximate surface area is 114 Å². The fourth-order valence-corrected chi connectivity index (χ4v) is 2.42. The molecule has 0 saturated carbocycles. The number of Topliss-reactive ketones (excluding diaryl/α,β-unsaturated/α-hetero) is 1. The summed E-state index contributed by atoms with van der Waals surface area (Å²) >= 11 is 0. The van der Waals surface area contributed by atoms with Crippen molar-refractivity contribution >= 4 is 11.5 Å². The number of ether oxygens (including phenoxy) is 1. The van der Waals surface area contributed by atoms with Crippen molar-refractivity contribution < 1.29 is 9.53 Å². The maximum atomic E-state index is 12.2. The fraction of sp³-hybridized carbons (Fsp3) is 0.533. The van der Waals surface area contributed by atoms with Crippen LogP contribution in [0.25, 0.3) is 0 Å². The summed E-state index contributed by atoms with van der Waals surface area (Å²) < 4.78 is 5.37. The number of nitrogens with zero attached hydrogens (tertiary/aromatic N) is 1. The van der Waals surface area contributed by atoms with Crippen LogP contribution >= 0.6 is 0 Å². The van der Waals surface area contributed by atoms with Crippen LogP contribution in [0.1, 0.15) is 36.5 Å². The Morgan fingerprint density at radius 2 is 2.05 bits per heavy atom. The number of hydrogen-bond acceptors (Lipinski definition) is 4. The van der Waals surface area contributed by atoms with E-state index in [0.717, 1.165) is 13.1 Å². The highest BCUT2D eigenvalue weighted by Gasteiger charge is 2.15. The first-order valence-electron chi connectivity index (χ1n) is 6.98. The molecule has 1 fully saturated rings. The molecular formula is C15H22N2O2. The molecule has 4 nitrogen and oxygen atoms in total. The van der Waals surface area contributed by atoms with E-state index in [1.54, 1.807) is 18.2 Å². The Bertz CT molecular complexity index is 440. The molecule has 2 rings (SSSR count). The molecule has 1 saturated heterocycles. The van der Waals surface area contributed by atoms with Gasteiger partial charge in [0.1, 0.15) is 5.75 Å². The highest BCUT2D eigenvalue weighted by atomic mass is 16.5. The molecule has 0 spiro atoms. The largest absolute Gasteiger partial charge is 0.492 e. The zero-order valence-electron chi connectivity index (χ0n) is 11.5. The maximum Gasteiger partial charge on any atom is 0.176 e. The molecule has 0 atom stereocenters. The first-order chi connectivity index (χ1) is 9.20. The predicted molar refractivity (Wildman–Crippen MR) is 76.6 cm³/mol. The summed E-state index contributed by atoms with van der Waals surface area (Å²) in [6.07, 6.45) is 3.66. The number of carbonyl (C=O) groups excluding carboxylic acids is 1. The molecule has 1 aromatic carbocycles. The maximum absolute atomic E-state index is 12.2. The molecule has 1 aliphatic rings. The van der Waals surface area contributed by atoms with Gasteiger partial charge in [0.25, 0.3) is 0 Å². The summed E-state index contributed by atoms with van der Waals surface area (Å²) in [4.78, 5) is 14.4. The van der Waals surface area contributed by atoms with Gasteiger partial charge in [0.2, 0.25) is 0 Å². The van der Waals surface area contributed by atoms with Crippen molar-refractivity contribution in [3.8, 4) is 5.75 Å². The zero-order chi connectivity index (χ0) is 13.7. The van der Waals surface area contributed by atoms with Gasteiger partial charge < -0.3 is 10.5 Å². The predicted octanol–water partition coefficient (Wildman–Crippen LogP) is 2.34. The number of nitrogen functional groups attached to an aromatic ring is 1. The van der Waals surface area contributed by atoms with Crippen LogP contribution in [-0.2, 0) is 0 Å². The van der Waals surface area contributed by atoms with Crippen molar-refractivity contribution in [1.82, 2.24) is 4.90 Å². The number of benzene rings is 1. The standard InChI is InChI=1S/C15H22N2O2/c1-2-19-15-7-6-12(10-13(15)16)14(18)11-17-8-4-3-5-9-17/h6-7,10H,2-5,8-9,11,16H2,1H3. The summed E-state index contributed by atoms with van der Waals surface area (Å²) in [7, 11) is 0. The van der Waals surface area contributed by atoms with E-state index in [2.05, 4.69) is 4.90 Å². The third-order valence-electron chi connectivity index (χ3n) is 3.45. The van der Waals surface area contributed by atoms with Gasteiger partial charge in [-0.15, -0.1) is 0 Å². The molecular weight excluding hydrogens is 240 g/mol. The minimum Gasteiger partial charge on any atom is -0.492 e. The number of nitrogens with two attached hydrogens (primary N) is 1. The third kappa shape index (κ3) is 3.70. The first-order valence-corrected chi connectivity index (χ1v) is 6.98. The number of anilines is 1. The molecule has 0 aliphatic carbocycles. The third-order valence-corrected chi connectivity index (χ3v) is 3.45. The fourth-order valence-electron chi connectivity index (χ4n) is 2.42. The Balaban J connectivity index is 2.00. The minimum atomic E-state index is 0.136. The molecule has 104 valence electrons. The number of carbonyl (C=O) groups is 1. The molecule has 0 amide bonds. The van der Waals surface area contributed by atoms with Crippen molar-refractivity contribution in [2.24, 2.45) is 0 Å². The quantitative estimate of drug-likeness (QED) is 0.653. The van der Waals surface area contributed by atoms with Gasteiger partial charge in [0.05, 0.1) is 18.8 Å². The van der Waals surface area contributed by atoms with E-state index in [9.17, 15) is 4.79 Å². The highest BCUT2D eigenvalue weighted by molar-refractivity contribution is 5.98. The van der Waals surface area contributed by atoms with Gasteiger partial charge in [-0.3, -0.25) is 9.69 Å². The van der Waals surface area contributed by atoms with Crippen LogP contribution < -0.4 is 10.5 Å². The number of piperidine rings is 1. The van der Waals surface area contributed by atoms with Gasteiger partial charge in [-0.1, -0.05) is 6.42 Å². The molecule has 1 aliphatic heterocycles. The average Bonchev–Trinajstić information content (AvgIpc) is 2.42. The van der Waals surface area contributed by atoms with Crippen molar-refractivity contribution in [3.05, 3.63) is 23.8 Å². The van der Waals surface area contributed by atoms with Gasteiger partial charge in [0.15, 0.2) is 5.78 Å². The molecule has 0 unspecified atom stereocenters. The van der Waals surface area contributed by atoms with Crippen LogP contribution in [0, 0.1) is 0 Å². The summed E-state index contributed by atoms with van der Waals surface area (Å²) in [6, 6.07) is 5.30. The molecule has 4 heteroatoms. The Kier molecular flexibility index (Phi) is 4.80. The second-order valence-corrected chi connectivity index (χ2v) is 4.95. The van der Waals surface area contributed by atoms with Crippen LogP contribution in [0.4, 0.5) is 5.69 Å². The van der Waals surface area contributed by atoms with Crippen LogP contribution in [0.3, 0.4) is 0 Å². The molecule has 19 heavy (non-hydrogen) atoms. The lowest BCUT2D eigenvalue weighted by atomic mass is 10.1. The second kappa shape index (κ2) is 6.57. The van der Waals surface area contributed by atoms with Crippen LogP contribution in [0.2, 0.25) is 0 Å². The summed E-state index contributed by atoms with van der Waals surface area (Å²) in [6.45, 7) is 5.03. The second-order valence-electron chi connectivity index (χ2n) is 4.95. The van der Waals surface area contributed by atoms with E-state index in [-0.39, 0.29) is 5.78 Å². The topological polar surface area (TPSA) is 55.6 Å². The summed E-state index contributed by atoms with van der Waals surface area (Å²) in [5, 5.41) is 0. The Morgan fingerprint density at radius 1 is 1.32 bits per heavy atom. The van der Waals surface area contributed by atoms with Gasteiger partial charge in [-0.05, 0) is 51.1 Å². The number of hydrogen-bond donors (Lipinski definition) is 1. The molecule has 0 radical (unpaired) electrons. The molecule has 0 bridgehead atoms. The lowest BCUT2D eigenvalue weighted by molar-refractivity contribution is 0.0915. The Morgan fingerprint density at radius 3 is 2.68 bits per heavy atom. The monoisotopic (exact) mass is 262 g/mol. The highest BCUT2D eigenvalue weighted by Crippen LogP contribution is 2.23. The van der Waals surface area contributed by atoms with E-state index in [0.29, 0.717) is 30.2 Å². The normalized spacial score (nSPS) is 16.3. The molecule has 1 aromatic rings. The minimum absolute atomic E-state index is 0.136. The van der Waals surface area contributed by atoms with Gasteiger partial charge in [-0.25, -0.2) is 0 Å². The van der Waals surface area contributed by atoms with E-state index in [1.807, 2.05) is 6.92 Å². The lowest BCUT2D eigenvalue weighted by Crippen LogP contribution is -2.34. The van der Waals surface area contributed by atoms with Crippen molar-refractivity contribution in [2.75, 3.05) is 32.0 Å². The van der Waals surface area contributed by atoms with Gasteiger partial charge in [0, 0.05) is 5.56 Å². The van der Waals surface area contributed by atoms with E-state index >= 15 is 0 Å². The molecule has 1 heterocycles. The summed E-state index contributed by atoms with van der Waals surface area (Å²) in [5.74, 6) is 0.786. The zero-order valence-corrected chi connectivity index (χ0v) is 11.5. The van der Waals surface area contributed by atoms with Gasteiger partial charge >= 0.3 is 0 Å². The summed E-state index contributed by atoms with van der Waals surface area (Å²) in [5.41, 5.74) is 7.09. The van der Waals surface area contributed by atoms with Crippen LogP contribution in [0.15, 0.2) is 18.2 Å². The van der Waals surface area contributed by atoms with E-state index in [4.69, 9.17) is 10.5 Å². The van der Waals surface area contributed by atoms with E-state index < -0.39 is 0 Å². The number of likely N-dealkylation sites (tertiary alicyclic amines) is 1. The first kappa shape index (κ1) is 13.9. The SMILES string of the molecule is CCOc1ccc(C(=O)CN2CCCCC2)cc1N. The molecule has 2 N–H and O–H groups in total. The smallest absolute Gasteiger partial charge is 0.176 e. The number of rotatable bonds is 5. The Hall–Kier alpha value is -1.55. The van der Waals surface area contributed by atoms with Crippen molar-refractivity contribution in [2.45, 2.75) is 26.2 Å². The molecule has 0 aromatic heterocycles.